The van der Waals surface area contributed by atoms with E-state index in [-0.39, 0.29) is 18.4 Å². The smallest absolute Gasteiger partial charge is 0.410 e. The predicted octanol–water partition coefficient (Wildman–Crippen LogP) is 1.94. The first-order valence-corrected chi connectivity index (χ1v) is 7.98. The summed E-state index contributed by atoms with van der Waals surface area (Å²) >= 11 is 0. The Morgan fingerprint density at radius 1 is 1.13 bits per heavy atom. The number of imide groups is 1. The van der Waals surface area contributed by atoms with Crippen molar-refractivity contribution in [2.24, 2.45) is 0 Å². The number of benzene rings is 1. The van der Waals surface area contributed by atoms with Crippen LogP contribution in [0.3, 0.4) is 0 Å². The zero-order valence-electron chi connectivity index (χ0n) is 12.9. The highest BCUT2D eigenvalue weighted by atomic mass is 16.6. The lowest BCUT2D eigenvalue weighted by atomic mass is 10.2. The van der Waals surface area contributed by atoms with Gasteiger partial charge in [-0.3, -0.25) is 19.4 Å². The van der Waals surface area contributed by atoms with E-state index in [1.807, 2.05) is 30.3 Å². The number of hydrogen-bond donors (Lipinski definition) is 0. The Kier molecular flexibility index (Phi) is 4.60. The van der Waals surface area contributed by atoms with Crippen molar-refractivity contribution in [2.75, 3.05) is 13.1 Å². The minimum atomic E-state index is -0.569. The number of nitrogens with zero attached hydrogens (tertiary/aromatic N) is 2. The van der Waals surface area contributed by atoms with E-state index in [2.05, 4.69) is 0 Å². The number of amides is 3. The van der Waals surface area contributed by atoms with Crippen LogP contribution in [0.5, 0.6) is 0 Å². The summed E-state index contributed by atoms with van der Waals surface area (Å²) in [5.41, 5.74) is 0.901. The molecule has 0 radical (unpaired) electrons. The Morgan fingerprint density at radius 3 is 2.61 bits per heavy atom. The third-order valence-electron chi connectivity index (χ3n) is 4.32. The first-order chi connectivity index (χ1) is 11.2. The molecule has 2 saturated heterocycles. The van der Waals surface area contributed by atoms with Gasteiger partial charge in [0.1, 0.15) is 12.6 Å². The van der Waals surface area contributed by atoms with E-state index in [4.69, 9.17) is 4.74 Å². The van der Waals surface area contributed by atoms with Crippen molar-refractivity contribution in [3.63, 3.8) is 0 Å². The molecule has 0 spiro atoms. The highest BCUT2D eigenvalue weighted by Gasteiger charge is 2.40. The summed E-state index contributed by atoms with van der Waals surface area (Å²) in [5.74, 6) is -0.402. The van der Waals surface area contributed by atoms with E-state index in [1.165, 1.54) is 9.80 Å². The third-order valence-corrected chi connectivity index (χ3v) is 4.32. The molecular formula is C17H20N2O4. The molecule has 0 aromatic heterocycles. The topological polar surface area (TPSA) is 66.9 Å². The molecular weight excluding hydrogens is 296 g/mol. The molecule has 122 valence electrons. The van der Waals surface area contributed by atoms with Gasteiger partial charge in [0.2, 0.25) is 5.91 Å². The summed E-state index contributed by atoms with van der Waals surface area (Å²) in [4.78, 5) is 39.3. The molecule has 1 aromatic rings. The van der Waals surface area contributed by atoms with Gasteiger partial charge in [0.15, 0.2) is 0 Å². The van der Waals surface area contributed by atoms with Crippen molar-refractivity contribution < 1.29 is 19.1 Å². The average Bonchev–Trinajstić information content (AvgIpc) is 3.22. The predicted molar refractivity (Wildman–Crippen MR) is 82.3 cm³/mol. The third kappa shape index (κ3) is 3.36. The maximum atomic E-state index is 12.5. The highest BCUT2D eigenvalue weighted by Crippen LogP contribution is 2.23. The molecule has 3 amide bonds. The number of ether oxygens (including phenoxy) is 1. The van der Waals surface area contributed by atoms with Crippen molar-refractivity contribution >= 4 is 17.9 Å². The van der Waals surface area contributed by atoms with E-state index in [0.717, 1.165) is 12.0 Å². The van der Waals surface area contributed by atoms with Gasteiger partial charge < -0.3 is 4.74 Å². The van der Waals surface area contributed by atoms with Gasteiger partial charge in [-0.05, 0) is 24.8 Å². The number of likely N-dealkylation sites (tertiary alicyclic amines) is 2. The second-order valence-electron chi connectivity index (χ2n) is 5.88. The molecule has 6 nitrogen and oxygen atoms in total. The molecule has 0 aliphatic carbocycles. The Morgan fingerprint density at radius 2 is 1.91 bits per heavy atom. The Labute approximate surface area is 135 Å². The quantitative estimate of drug-likeness (QED) is 0.799. The first kappa shape index (κ1) is 15.5. The molecule has 0 bridgehead atoms. The highest BCUT2D eigenvalue weighted by molar-refractivity contribution is 6.00. The van der Waals surface area contributed by atoms with Crippen LogP contribution in [0.25, 0.3) is 0 Å². The molecule has 0 saturated carbocycles. The molecule has 0 N–H and O–H groups in total. The fourth-order valence-corrected chi connectivity index (χ4v) is 3.11. The van der Waals surface area contributed by atoms with Gasteiger partial charge in [0.25, 0.3) is 5.91 Å². The maximum Gasteiger partial charge on any atom is 0.410 e. The molecule has 23 heavy (non-hydrogen) atoms. The molecule has 1 atom stereocenters. The number of carbonyl (C=O) groups is 3. The van der Waals surface area contributed by atoms with Crippen LogP contribution in [-0.4, -0.2) is 46.8 Å². The van der Waals surface area contributed by atoms with E-state index in [9.17, 15) is 14.4 Å². The van der Waals surface area contributed by atoms with Crippen molar-refractivity contribution in [1.82, 2.24) is 9.80 Å². The minimum absolute atomic E-state index is 0.139. The number of hydrogen-bond acceptors (Lipinski definition) is 4. The SMILES string of the molecule is O=C1CCCN1C(=O)[C@@H]1CCCN1C(=O)OCc1ccccc1. The monoisotopic (exact) mass is 316 g/mol. The van der Waals surface area contributed by atoms with Crippen LogP contribution in [0, 0.1) is 0 Å². The Balaban J connectivity index is 1.60. The summed E-state index contributed by atoms with van der Waals surface area (Å²) < 4.78 is 5.31. The fraction of sp³-hybridized carbons (Fsp3) is 0.471. The van der Waals surface area contributed by atoms with Gasteiger partial charge in [-0.1, -0.05) is 30.3 Å². The Hall–Kier alpha value is -2.37. The molecule has 2 aliphatic heterocycles. The van der Waals surface area contributed by atoms with Gasteiger partial charge in [-0.2, -0.15) is 0 Å². The second-order valence-corrected chi connectivity index (χ2v) is 5.88. The summed E-state index contributed by atoms with van der Waals surface area (Å²) in [6.45, 7) is 1.13. The Bertz CT molecular complexity index is 602. The van der Waals surface area contributed by atoms with Crippen molar-refractivity contribution in [3.05, 3.63) is 35.9 Å². The second kappa shape index (κ2) is 6.81. The lowest BCUT2D eigenvalue weighted by molar-refractivity contribution is -0.144. The standard InChI is InChI=1S/C17H20N2O4/c20-15-9-5-11-19(15)16(21)14-8-4-10-18(14)17(22)23-12-13-6-2-1-3-7-13/h1-3,6-7,14H,4-5,8-12H2/t14-/m0/s1. The molecule has 6 heteroatoms. The summed E-state index contributed by atoms with van der Waals surface area (Å²) in [5, 5.41) is 0. The number of rotatable bonds is 3. The first-order valence-electron chi connectivity index (χ1n) is 7.98. The van der Waals surface area contributed by atoms with E-state index < -0.39 is 12.1 Å². The van der Waals surface area contributed by atoms with Crippen LogP contribution in [0.2, 0.25) is 0 Å². The van der Waals surface area contributed by atoms with Crippen LogP contribution in [0.4, 0.5) is 4.79 Å². The maximum absolute atomic E-state index is 12.5. The van der Waals surface area contributed by atoms with Gasteiger partial charge in [-0.25, -0.2) is 4.79 Å². The summed E-state index contributed by atoms with van der Waals surface area (Å²) in [6, 6.07) is 8.84. The summed E-state index contributed by atoms with van der Waals surface area (Å²) in [7, 11) is 0. The summed E-state index contributed by atoms with van der Waals surface area (Å²) in [6.07, 6.45) is 1.96. The van der Waals surface area contributed by atoms with Gasteiger partial charge in [0, 0.05) is 19.5 Å². The lowest BCUT2D eigenvalue weighted by Gasteiger charge is -2.26. The van der Waals surface area contributed by atoms with Crippen molar-refractivity contribution in [1.29, 1.82) is 0 Å². The van der Waals surface area contributed by atoms with Crippen molar-refractivity contribution in [2.45, 2.75) is 38.3 Å². The minimum Gasteiger partial charge on any atom is -0.445 e. The van der Waals surface area contributed by atoms with E-state index in [1.54, 1.807) is 0 Å². The van der Waals surface area contributed by atoms with Crippen LogP contribution >= 0.6 is 0 Å². The van der Waals surface area contributed by atoms with Gasteiger partial charge in [0.05, 0.1) is 0 Å². The zero-order chi connectivity index (χ0) is 16.2. The van der Waals surface area contributed by atoms with Crippen LogP contribution < -0.4 is 0 Å². The van der Waals surface area contributed by atoms with Crippen molar-refractivity contribution in [3.8, 4) is 0 Å². The molecule has 1 aromatic carbocycles. The fourth-order valence-electron chi connectivity index (χ4n) is 3.11. The molecule has 2 heterocycles. The largest absolute Gasteiger partial charge is 0.445 e. The van der Waals surface area contributed by atoms with Gasteiger partial charge >= 0.3 is 6.09 Å². The van der Waals surface area contributed by atoms with E-state index in [0.29, 0.717) is 32.4 Å². The average molecular weight is 316 g/mol. The van der Waals surface area contributed by atoms with Crippen LogP contribution in [-0.2, 0) is 20.9 Å². The van der Waals surface area contributed by atoms with E-state index >= 15 is 0 Å². The molecule has 0 unspecified atom stereocenters. The molecule has 3 rings (SSSR count). The normalized spacial score (nSPS) is 20.9. The lowest BCUT2D eigenvalue weighted by Crippen LogP contribution is -2.48. The molecule has 2 fully saturated rings. The zero-order valence-corrected chi connectivity index (χ0v) is 12.9. The molecule has 2 aliphatic rings. The number of carbonyl (C=O) groups excluding carboxylic acids is 3. The van der Waals surface area contributed by atoms with Gasteiger partial charge in [-0.15, -0.1) is 0 Å². The van der Waals surface area contributed by atoms with Crippen LogP contribution in [0.15, 0.2) is 30.3 Å². The van der Waals surface area contributed by atoms with Crippen LogP contribution in [0.1, 0.15) is 31.2 Å².